The number of hydrogen-bond acceptors (Lipinski definition) is 4. The van der Waals surface area contributed by atoms with Crippen molar-refractivity contribution in [2.24, 2.45) is 0 Å². The third kappa shape index (κ3) is 2.57. The van der Waals surface area contributed by atoms with Crippen molar-refractivity contribution in [2.45, 2.75) is 63.6 Å². The molecule has 4 rings (SSSR count). The van der Waals surface area contributed by atoms with Crippen LogP contribution in [0.15, 0.2) is 34.2 Å². The fourth-order valence-corrected chi connectivity index (χ4v) is 4.95. The number of thioether (sulfide) groups is 1. The molecule has 0 fully saturated rings. The number of aromatic nitrogens is 4. The van der Waals surface area contributed by atoms with Crippen molar-refractivity contribution in [3.8, 4) is 11.3 Å². The van der Waals surface area contributed by atoms with Gasteiger partial charge in [0.15, 0.2) is 5.16 Å². The molecule has 6 heteroatoms. The Kier molecular flexibility index (Phi) is 4.62. The number of benzene rings is 1. The van der Waals surface area contributed by atoms with Gasteiger partial charge in [-0.25, -0.2) is 14.1 Å². The van der Waals surface area contributed by atoms with E-state index in [4.69, 9.17) is 4.98 Å². The third-order valence-corrected chi connectivity index (χ3v) is 6.63. The zero-order chi connectivity index (χ0) is 19.2. The molecule has 3 aromatic rings. The van der Waals surface area contributed by atoms with Crippen molar-refractivity contribution < 1.29 is 0 Å². The minimum atomic E-state index is -0.169. The summed E-state index contributed by atoms with van der Waals surface area (Å²) < 4.78 is 3.61. The first kappa shape index (κ1) is 18.3. The van der Waals surface area contributed by atoms with Crippen LogP contribution >= 0.6 is 11.8 Å². The van der Waals surface area contributed by atoms with Crippen LogP contribution in [0.2, 0.25) is 0 Å². The van der Waals surface area contributed by atoms with E-state index in [1.807, 2.05) is 17.0 Å². The van der Waals surface area contributed by atoms with Crippen LogP contribution in [0.4, 0.5) is 0 Å². The summed E-state index contributed by atoms with van der Waals surface area (Å²) in [5.74, 6) is 0.655. The van der Waals surface area contributed by atoms with Crippen LogP contribution in [0.25, 0.3) is 17.0 Å². The number of fused-ring (bicyclic) bond motifs is 4. The lowest BCUT2D eigenvalue weighted by Crippen LogP contribution is -2.39. The van der Waals surface area contributed by atoms with E-state index in [9.17, 15) is 4.79 Å². The van der Waals surface area contributed by atoms with Crippen molar-refractivity contribution in [3.05, 3.63) is 45.7 Å². The first-order valence-corrected chi connectivity index (χ1v) is 11.0. The van der Waals surface area contributed by atoms with Gasteiger partial charge in [-0.2, -0.15) is 0 Å². The lowest BCUT2D eigenvalue weighted by atomic mass is 9.66. The summed E-state index contributed by atoms with van der Waals surface area (Å²) >= 11 is 1.50. The topological polar surface area (TPSA) is 52.2 Å². The summed E-state index contributed by atoms with van der Waals surface area (Å²) in [4.78, 5) is 18.8. The van der Waals surface area contributed by atoms with Gasteiger partial charge in [0.25, 0.3) is 5.56 Å². The Morgan fingerprint density at radius 1 is 1.19 bits per heavy atom. The van der Waals surface area contributed by atoms with E-state index < -0.39 is 0 Å². The largest absolute Gasteiger partial charge is 0.268 e. The molecule has 0 radical (unpaired) electrons. The Hall–Kier alpha value is -2.08. The predicted octanol–water partition coefficient (Wildman–Crippen LogP) is 4.30. The summed E-state index contributed by atoms with van der Waals surface area (Å²) in [6, 6.07) is 8.40. The summed E-state index contributed by atoms with van der Waals surface area (Å²) in [7, 11) is 0. The highest BCUT2D eigenvalue weighted by Gasteiger charge is 2.40. The van der Waals surface area contributed by atoms with Gasteiger partial charge in [0, 0.05) is 17.5 Å². The quantitative estimate of drug-likeness (QED) is 0.617. The standard InChI is InChI=1S/C21H26N4OS/c1-5-12-24-19-22-17-15-11-9-8-10-14(15)13-21(6-2,7-3)16(17)18(26)25(19)20(23-24)27-4/h8-11H,5-7,12-13H2,1-4H3. The number of rotatable bonds is 5. The molecule has 2 aromatic heterocycles. The lowest BCUT2D eigenvalue weighted by Gasteiger charge is -2.37. The average molecular weight is 383 g/mol. The van der Waals surface area contributed by atoms with Gasteiger partial charge in [-0.15, -0.1) is 5.10 Å². The molecule has 27 heavy (non-hydrogen) atoms. The average Bonchev–Trinajstić information content (AvgIpc) is 3.05. The lowest BCUT2D eigenvalue weighted by molar-refractivity contribution is 0.382. The molecule has 1 aliphatic rings. The zero-order valence-corrected chi connectivity index (χ0v) is 17.3. The molecule has 0 saturated heterocycles. The van der Waals surface area contributed by atoms with Gasteiger partial charge < -0.3 is 0 Å². The highest BCUT2D eigenvalue weighted by molar-refractivity contribution is 7.98. The predicted molar refractivity (Wildman–Crippen MR) is 111 cm³/mol. The first-order valence-electron chi connectivity index (χ1n) is 9.76. The molecular weight excluding hydrogens is 356 g/mol. The van der Waals surface area contributed by atoms with E-state index in [0.29, 0.717) is 5.78 Å². The van der Waals surface area contributed by atoms with Crippen LogP contribution in [-0.4, -0.2) is 25.4 Å². The number of nitrogens with zero attached hydrogens (tertiary/aromatic N) is 4. The molecule has 0 spiro atoms. The van der Waals surface area contributed by atoms with Gasteiger partial charge in [-0.05, 0) is 37.5 Å². The molecule has 142 valence electrons. The van der Waals surface area contributed by atoms with Crippen molar-refractivity contribution >= 4 is 17.5 Å². The smallest absolute Gasteiger partial charge is 0.265 e. The first-order chi connectivity index (χ1) is 13.1. The van der Waals surface area contributed by atoms with Gasteiger partial charge in [0.2, 0.25) is 5.78 Å². The SMILES string of the molecule is CCCn1nc(SC)n2c(=O)c3c(nc12)-c1ccccc1CC3(CC)CC. The molecule has 5 nitrogen and oxygen atoms in total. The Balaban J connectivity index is 2.16. The van der Waals surface area contributed by atoms with Crippen LogP contribution in [0.5, 0.6) is 0 Å². The third-order valence-electron chi connectivity index (χ3n) is 6.00. The molecule has 1 aliphatic carbocycles. The molecule has 0 amide bonds. The van der Waals surface area contributed by atoms with Gasteiger partial charge >= 0.3 is 0 Å². The Labute approximate surface area is 163 Å². The van der Waals surface area contributed by atoms with Crippen LogP contribution in [0.3, 0.4) is 0 Å². The Morgan fingerprint density at radius 2 is 1.93 bits per heavy atom. The van der Waals surface area contributed by atoms with Crippen LogP contribution < -0.4 is 5.56 Å². The van der Waals surface area contributed by atoms with E-state index >= 15 is 0 Å². The highest BCUT2D eigenvalue weighted by atomic mass is 32.2. The molecule has 0 N–H and O–H groups in total. The second kappa shape index (κ2) is 6.82. The molecule has 0 atom stereocenters. The van der Waals surface area contributed by atoms with Gasteiger partial charge in [0.05, 0.1) is 11.3 Å². The highest BCUT2D eigenvalue weighted by Crippen LogP contribution is 2.44. The van der Waals surface area contributed by atoms with E-state index in [1.54, 1.807) is 4.40 Å². The molecule has 0 aliphatic heterocycles. The van der Waals surface area contributed by atoms with Crippen LogP contribution in [-0.2, 0) is 18.4 Å². The van der Waals surface area contributed by atoms with Gasteiger partial charge in [0.1, 0.15) is 0 Å². The molecule has 0 unspecified atom stereocenters. The van der Waals surface area contributed by atoms with E-state index in [0.717, 1.165) is 54.2 Å². The summed E-state index contributed by atoms with van der Waals surface area (Å²) in [6.45, 7) is 7.24. The zero-order valence-electron chi connectivity index (χ0n) is 16.5. The normalized spacial score (nSPS) is 15.0. The molecule has 0 bridgehead atoms. The number of aryl methyl sites for hydroxylation is 1. The van der Waals surface area contributed by atoms with Crippen molar-refractivity contribution in [3.63, 3.8) is 0 Å². The Morgan fingerprint density at radius 3 is 2.59 bits per heavy atom. The molecule has 1 aromatic carbocycles. The molecule has 2 heterocycles. The molecular formula is C21H26N4OS. The maximum atomic E-state index is 13.8. The number of hydrogen-bond donors (Lipinski definition) is 0. The van der Waals surface area contributed by atoms with Crippen LogP contribution in [0, 0.1) is 0 Å². The maximum Gasteiger partial charge on any atom is 0.265 e. The van der Waals surface area contributed by atoms with E-state index in [1.165, 1.54) is 17.3 Å². The molecule has 0 saturated carbocycles. The Bertz CT molecular complexity index is 1060. The second-order valence-corrected chi connectivity index (χ2v) is 8.08. The van der Waals surface area contributed by atoms with Crippen molar-refractivity contribution in [1.82, 2.24) is 19.2 Å². The van der Waals surface area contributed by atoms with Gasteiger partial charge in [-0.3, -0.25) is 4.79 Å². The van der Waals surface area contributed by atoms with E-state index in [2.05, 4.69) is 44.1 Å². The van der Waals surface area contributed by atoms with E-state index in [-0.39, 0.29) is 11.0 Å². The minimum Gasteiger partial charge on any atom is -0.268 e. The van der Waals surface area contributed by atoms with Gasteiger partial charge in [-0.1, -0.05) is 56.8 Å². The summed E-state index contributed by atoms with van der Waals surface area (Å²) in [5, 5.41) is 5.39. The van der Waals surface area contributed by atoms with Crippen LogP contribution in [0.1, 0.15) is 51.2 Å². The minimum absolute atomic E-state index is 0.0555. The fourth-order valence-electron chi connectivity index (χ4n) is 4.43. The summed E-state index contributed by atoms with van der Waals surface area (Å²) in [6.07, 6.45) is 5.65. The summed E-state index contributed by atoms with van der Waals surface area (Å²) in [5.41, 5.74) is 4.00. The van der Waals surface area contributed by atoms with Crippen molar-refractivity contribution in [1.29, 1.82) is 0 Å². The van der Waals surface area contributed by atoms with Crippen molar-refractivity contribution in [2.75, 3.05) is 6.26 Å². The maximum absolute atomic E-state index is 13.8. The monoisotopic (exact) mass is 382 g/mol. The second-order valence-electron chi connectivity index (χ2n) is 7.31. The fraction of sp³-hybridized carbons (Fsp3) is 0.476.